The Morgan fingerprint density at radius 2 is 1.42 bits per heavy atom. The lowest BCUT2D eigenvalue weighted by atomic mass is 9.98. The molecule has 3 aromatic rings. The molecule has 2 fully saturated rings. The van der Waals surface area contributed by atoms with E-state index in [-0.39, 0.29) is 11.1 Å². The van der Waals surface area contributed by atoms with E-state index in [0.29, 0.717) is 0 Å². The first-order valence-corrected chi connectivity index (χ1v) is 13.0. The van der Waals surface area contributed by atoms with Crippen LogP contribution in [0.2, 0.25) is 0 Å². The first-order valence-electron chi connectivity index (χ1n) is 13.0. The van der Waals surface area contributed by atoms with Crippen molar-refractivity contribution in [2.75, 3.05) is 6.61 Å². The minimum Gasteiger partial charge on any atom is -0.508 e. The van der Waals surface area contributed by atoms with Gasteiger partial charge in [0.1, 0.15) is 65.2 Å². The van der Waals surface area contributed by atoms with Gasteiger partial charge in [0.15, 0.2) is 23.5 Å². The van der Waals surface area contributed by atoms with Crippen molar-refractivity contribution in [1.29, 1.82) is 0 Å². The molecule has 10 N–H and O–H groups in total. The first kappa shape index (κ1) is 30.7. The van der Waals surface area contributed by atoms with E-state index in [4.69, 9.17) is 23.4 Å². The molecule has 0 saturated carbocycles. The van der Waals surface area contributed by atoms with Crippen LogP contribution in [0, 0.1) is 0 Å². The maximum atomic E-state index is 13.6. The molecule has 5 rings (SSSR count). The second-order valence-corrected chi connectivity index (χ2v) is 10.3. The van der Waals surface area contributed by atoms with Crippen molar-refractivity contribution in [2.45, 2.75) is 68.3 Å². The van der Waals surface area contributed by atoms with Crippen LogP contribution in [0.4, 0.5) is 0 Å². The molecular formula is C27H30O16. The molecule has 0 aliphatic carbocycles. The molecular weight excluding hydrogens is 580 g/mol. The van der Waals surface area contributed by atoms with Crippen LogP contribution >= 0.6 is 0 Å². The number of aliphatic hydroxyl groups is 6. The molecule has 0 radical (unpaired) electrons. The van der Waals surface area contributed by atoms with E-state index in [9.17, 15) is 55.9 Å². The molecule has 1 aromatic heterocycles. The van der Waals surface area contributed by atoms with E-state index in [2.05, 4.69) is 0 Å². The highest BCUT2D eigenvalue weighted by molar-refractivity contribution is 5.88. The predicted molar refractivity (Wildman–Crippen MR) is 140 cm³/mol. The summed E-state index contributed by atoms with van der Waals surface area (Å²) in [6.45, 7) is 0.818. The summed E-state index contributed by atoms with van der Waals surface area (Å²) >= 11 is 0. The maximum Gasteiger partial charge on any atom is 0.239 e. The summed E-state index contributed by atoms with van der Waals surface area (Å²) in [6.07, 6.45) is -16.2. The number of phenolic OH excluding ortho intramolecular Hbond substituents is 4. The van der Waals surface area contributed by atoms with Gasteiger partial charge in [-0.1, -0.05) is 0 Å². The molecule has 16 heteroatoms. The number of aromatic hydroxyl groups is 4. The Morgan fingerprint density at radius 1 is 0.744 bits per heavy atom. The third kappa shape index (κ3) is 5.67. The molecule has 10 atom stereocenters. The molecule has 2 aromatic carbocycles. The van der Waals surface area contributed by atoms with Crippen molar-refractivity contribution in [2.24, 2.45) is 0 Å². The van der Waals surface area contributed by atoms with Gasteiger partial charge < -0.3 is 74.4 Å². The third-order valence-electron chi connectivity index (χ3n) is 7.29. The summed E-state index contributed by atoms with van der Waals surface area (Å²) in [5, 5.41) is 101. The number of benzene rings is 2. The largest absolute Gasteiger partial charge is 0.508 e. The number of fused-ring (bicyclic) bond motifs is 1. The predicted octanol–water partition coefficient (Wildman–Crippen LogP) is -1.69. The molecule has 2 aliphatic rings. The fourth-order valence-electron chi connectivity index (χ4n) is 4.84. The van der Waals surface area contributed by atoms with E-state index in [1.807, 2.05) is 0 Å². The number of aliphatic hydroxyl groups excluding tert-OH is 6. The van der Waals surface area contributed by atoms with Crippen molar-refractivity contribution in [3.05, 3.63) is 40.6 Å². The number of ether oxygens (including phenoxy) is 4. The van der Waals surface area contributed by atoms with Crippen molar-refractivity contribution in [1.82, 2.24) is 0 Å². The zero-order valence-electron chi connectivity index (χ0n) is 22.3. The number of phenols is 4. The normalized spacial score (nSPS) is 33.0. The second-order valence-electron chi connectivity index (χ2n) is 10.3. The first-order chi connectivity index (χ1) is 20.3. The molecule has 0 amide bonds. The Hall–Kier alpha value is -3.71. The van der Waals surface area contributed by atoms with E-state index < -0.39 is 113 Å². The van der Waals surface area contributed by atoms with Crippen molar-refractivity contribution in [3.8, 4) is 40.1 Å². The van der Waals surface area contributed by atoms with Crippen LogP contribution in [-0.2, 0) is 14.2 Å². The lowest BCUT2D eigenvalue weighted by molar-refractivity contribution is -0.318. The second kappa shape index (κ2) is 11.8. The number of rotatable bonds is 6. The average Bonchev–Trinajstić information content (AvgIpc) is 2.96. The van der Waals surface area contributed by atoms with Gasteiger partial charge in [-0.3, -0.25) is 4.79 Å². The highest BCUT2D eigenvalue weighted by atomic mass is 16.7. The summed E-state index contributed by atoms with van der Waals surface area (Å²) < 4.78 is 27.8. The minimum absolute atomic E-state index is 0.0313. The van der Waals surface area contributed by atoms with Gasteiger partial charge in [-0.05, 0) is 25.1 Å². The minimum atomic E-state index is -1.97. The van der Waals surface area contributed by atoms with Crippen molar-refractivity contribution < 1.29 is 74.4 Å². The molecule has 2 saturated heterocycles. The number of hydrogen-bond donors (Lipinski definition) is 10. The average molecular weight is 611 g/mol. The van der Waals surface area contributed by atoms with E-state index in [0.717, 1.165) is 24.3 Å². The van der Waals surface area contributed by atoms with Crippen LogP contribution in [-0.4, -0.2) is 119 Å². The van der Waals surface area contributed by atoms with E-state index in [1.54, 1.807) is 0 Å². The van der Waals surface area contributed by atoms with Gasteiger partial charge in [-0.15, -0.1) is 0 Å². The van der Waals surface area contributed by atoms with Crippen LogP contribution in [0.15, 0.2) is 39.5 Å². The third-order valence-corrected chi connectivity index (χ3v) is 7.29. The van der Waals surface area contributed by atoms with E-state index in [1.165, 1.54) is 13.0 Å². The Kier molecular flexibility index (Phi) is 8.41. The topological polar surface area (TPSA) is 269 Å². The van der Waals surface area contributed by atoms with Gasteiger partial charge in [-0.2, -0.15) is 0 Å². The quantitative estimate of drug-likeness (QED) is 0.140. The SMILES string of the molecule is C[C@@H]1O[C@@H](OC[C@@H]2O[C@H](Oc3c(-c4ccc(O)c(O)c4)oc4cc(O)cc(O)c4c3=O)[C@@H](O)[C@H](O)[C@@H]2O)[C@H](O)[C@H](O)[C@H]1O. The Balaban J connectivity index is 1.48. The van der Waals surface area contributed by atoms with Gasteiger partial charge in [0.05, 0.1) is 12.7 Å². The van der Waals surface area contributed by atoms with Crippen molar-refractivity contribution in [3.63, 3.8) is 0 Å². The highest BCUT2D eigenvalue weighted by Crippen LogP contribution is 2.39. The van der Waals surface area contributed by atoms with Gasteiger partial charge in [0.25, 0.3) is 0 Å². The van der Waals surface area contributed by atoms with Crippen LogP contribution in [0.3, 0.4) is 0 Å². The van der Waals surface area contributed by atoms with Crippen LogP contribution in [0.25, 0.3) is 22.3 Å². The lowest BCUT2D eigenvalue weighted by Crippen LogP contribution is -2.61. The van der Waals surface area contributed by atoms with Gasteiger partial charge in [0, 0.05) is 17.7 Å². The van der Waals surface area contributed by atoms with Crippen LogP contribution in [0.1, 0.15) is 6.92 Å². The summed E-state index contributed by atoms with van der Waals surface area (Å²) in [4.78, 5) is 13.6. The molecule has 234 valence electrons. The molecule has 16 nitrogen and oxygen atoms in total. The molecule has 0 spiro atoms. The Morgan fingerprint density at radius 3 is 2.12 bits per heavy atom. The van der Waals surface area contributed by atoms with Gasteiger partial charge >= 0.3 is 0 Å². The fourth-order valence-corrected chi connectivity index (χ4v) is 4.84. The zero-order chi connectivity index (χ0) is 31.3. The Bertz CT molecular complexity index is 1540. The van der Waals surface area contributed by atoms with E-state index >= 15 is 0 Å². The zero-order valence-corrected chi connectivity index (χ0v) is 22.3. The molecule has 2 aliphatic heterocycles. The molecule has 0 bridgehead atoms. The number of hydrogen-bond acceptors (Lipinski definition) is 16. The highest BCUT2D eigenvalue weighted by Gasteiger charge is 2.47. The molecule has 43 heavy (non-hydrogen) atoms. The molecule has 3 heterocycles. The maximum absolute atomic E-state index is 13.6. The smallest absolute Gasteiger partial charge is 0.239 e. The Labute approximate surface area is 241 Å². The molecule has 0 unspecified atom stereocenters. The standard InChI is InChI=1S/C27H30O16/c1-8-17(32)20(35)22(37)26(40-8)39-7-15-18(33)21(36)23(38)27(42-15)43-25-19(34)16-13(31)5-10(28)6-14(16)41-24(25)9-2-3-11(29)12(30)4-9/h2-6,8,15,17-18,20-23,26-33,35-38H,7H2,1H3/t8-,15-,17-,18+,20+,21+,22+,23-,26+,27+/m0/s1. The van der Waals surface area contributed by atoms with Gasteiger partial charge in [-0.25, -0.2) is 0 Å². The van der Waals surface area contributed by atoms with Crippen LogP contribution in [0.5, 0.6) is 28.7 Å². The summed E-state index contributed by atoms with van der Waals surface area (Å²) in [5.41, 5.74) is -1.35. The van der Waals surface area contributed by atoms with Gasteiger partial charge in [0.2, 0.25) is 17.5 Å². The monoisotopic (exact) mass is 610 g/mol. The summed E-state index contributed by atoms with van der Waals surface area (Å²) in [7, 11) is 0. The summed E-state index contributed by atoms with van der Waals surface area (Å²) in [5.74, 6) is -3.33. The van der Waals surface area contributed by atoms with Crippen LogP contribution < -0.4 is 10.2 Å². The summed E-state index contributed by atoms with van der Waals surface area (Å²) in [6, 6.07) is 5.24. The fraction of sp³-hybridized carbons (Fsp3) is 0.444. The van der Waals surface area contributed by atoms with Crippen molar-refractivity contribution >= 4 is 11.0 Å². The lowest BCUT2D eigenvalue weighted by Gasteiger charge is -2.42.